The Balaban J connectivity index is 2.33. The molecule has 2 heterocycles. The molecule has 1 atom stereocenters. The second kappa shape index (κ2) is 4.99. The average Bonchev–Trinajstić information content (AvgIpc) is 2.92. The van der Waals surface area contributed by atoms with Crippen LogP contribution in [-0.4, -0.2) is 22.5 Å². The molecule has 0 aliphatic carbocycles. The van der Waals surface area contributed by atoms with Gasteiger partial charge >= 0.3 is 0 Å². The van der Waals surface area contributed by atoms with E-state index in [1.807, 2.05) is 32.6 Å². The van der Waals surface area contributed by atoms with Gasteiger partial charge < -0.3 is 9.42 Å². The van der Waals surface area contributed by atoms with E-state index in [1.54, 1.807) is 0 Å². The molecule has 0 bridgehead atoms. The van der Waals surface area contributed by atoms with Gasteiger partial charge in [0.25, 0.3) is 0 Å². The van der Waals surface area contributed by atoms with E-state index in [0.717, 1.165) is 42.8 Å². The second-order valence-electron chi connectivity index (χ2n) is 6.36. The van der Waals surface area contributed by atoms with Crippen LogP contribution in [0.25, 0.3) is 0 Å². The molecule has 1 saturated heterocycles. The third kappa shape index (κ3) is 2.53. The highest BCUT2D eigenvalue weighted by Crippen LogP contribution is 2.38. The van der Waals surface area contributed by atoms with Crippen LogP contribution in [0.1, 0.15) is 63.6 Å². The molecule has 2 rings (SSSR count). The molecule has 1 fully saturated rings. The molecule has 1 aromatic rings. The maximum absolute atomic E-state index is 12.6. The summed E-state index contributed by atoms with van der Waals surface area (Å²) in [6, 6.07) is 0.146. The lowest BCUT2D eigenvalue weighted by Crippen LogP contribution is -2.39. The largest absolute Gasteiger partial charge is 0.361 e. The van der Waals surface area contributed by atoms with Gasteiger partial charge in [0, 0.05) is 23.9 Å². The fourth-order valence-corrected chi connectivity index (χ4v) is 2.85. The zero-order chi connectivity index (χ0) is 14.2. The van der Waals surface area contributed by atoms with E-state index in [0.29, 0.717) is 0 Å². The van der Waals surface area contributed by atoms with Crippen LogP contribution in [0.3, 0.4) is 0 Å². The van der Waals surface area contributed by atoms with E-state index in [2.05, 4.69) is 12.1 Å². The molecule has 0 unspecified atom stereocenters. The van der Waals surface area contributed by atoms with Crippen molar-refractivity contribution in [3.8, 4) is 0 Å². The van der Waals surface area contributed by atoms with E-state index in [-0.39, 0.29) is 17.4 Å². The van der Waals surface area contributed by atoms with Gasteiger partial charge in [-0.15, -0.1) is 0 Å². The first kappa shape index (κ1) is 14.1. The number of carbonyl (C=O) groups is 1. The van der Waals surface area contributed by atoms with Crippen molar-refractivity contribution in [3.63, 3.8) is 0 Å². The van der Waals surface area contributed by atoms with Crippen molar-refractivity contribution >= 4 is 5.91 Å². The summed E-state index contributed by atoms with van der Waals surface area (Å²) in [5.41, 5.74) is 1.73. The van der Waals surface area contributed by atoms with Crippen LogP contribution in [0.5, 0.6) is 0 Å². The van der Waals surface area contributed by atoms with Gasteiger partial charge in [0.1, 0.15) is 5.76 Å². The third-order valence-corrected chi connectivity index (χ3v) is 3.79. The summed E-state index contributed by atoms with van der Waals surface area (Å²) in [4.78, 5) is 14.6. The molecule has 106 valence electrons. The van der Waals surface area contributed by atoms with Crippen LogP contribution in [0.4, 0.5) is 0 Å². The second-order valence-corrected chi connectivity index (χ2v) is 6.36. The first-order valence-corrected chi connectivity index (χ1v) is 7.12. The minimum absolute atomic E-state index is 0.146. The van der Waals surface area contributed by atoms with E-state index < -0.39 is 0 Å². The minimum atomic E-state index is -0.333. The van der Waals surface area contributed by atoms with Gasteiger partial charge in [0.15, 0.2) is 0 Å². The van der Waals surface area contributed by atoms with Crippen LogP contribution in [0.15, 0.2) is 4.52 Å². The Morgan fingerprint density at radius 3 is 2.74 bits per heavy atom. The highest BCUT2D eigenvalue weighted by molar-refractivity contribution is 5.82. The molecule has 1 aromatic heterocycles. The number of hydrogen-bond donors (Lipinski definition) is 0. The summed E-state index contributed by atoms with van der Waals surface area (Å²) in [5, 5.41) is 4.07. The molecule has 4 nitrogen and oxygen atoms in total. The molecule has 4 heteroatoms. The molecule has 1 aliphatic heterocycles. The molecule has 0 radical (unpaired) electrons. The minimum Gasteiger partial charge on any atom is -0.361 e. The SMILES string of the molecule is CCc1onc(C)c1[C@@H]1CCCN1C(=O)C(C)(C)C. The van der Waals surface area contributed by atoms with E-state index in [1.165, 1.54) is 0 Å². The summed E-state index contributed by atoms with van der Waals surface area (Å²) in [7, 11) is 0. The third-order valence-electron chi connectivity index (χ3n) is 3.79. The first-order valence-electron chi connectivity index (χ1n) is 7.12. The maximum atomic E-state index is 12.6. The number of rotatable bonds is 2. The molecular weight excluding hydrogens is 240 g/mol. The predicted octanol–water partition coefficient (Wildman–Crippen LogP) is 3.26. The van der Waals surface area contributed by atoms with Crippen LogP contribution < -0.4 is 0 Å². The number of aryl methyl sites for hydroxylation is 2. The van der Waals surface area contributed by atoms with Crippen molar-refractivity contribution in [2.75, 3.05) is 6.54 Å². The molecule has 19 heavy (non-hydrogen) atoms. The Labute approximate surface area is 115 Å². The molecule has 0 spiro atoms. The van der Waals surface area contributed by atoms with Crippen LogP contribution in [0, 0.1) is 12.3 Å². The topological polar surface area (TPSA) is 46.3 Å². The van der Waals surface area contributed by atoms with Crippen LogP contribution >= 0.6 is 0 Å². The standard InChI is InChI=1S/C15H24N2O2/c1-6-12-13(10(2)16-19-12)11-8-7-9-17(11)14(18)15(3,4)5/h11H,6-9H2,1-5H3/t11-/m0/s1. The van der Waals surface area contributed by atoms with Crippen molar-refractivity contribution in [3.05, 3.63) is 17.0 Å². The highest BCUT2D eigenvalue weighted by atomic mass is 16.5. The number of aromatic nitrogens is 1. The number of hydrogen-bond acceptors (Lipinski definition) is 3. The lowest BCUT2D eigenvalue weighted by atomic mass is 9.93. The van der Waals surface area contributed by atoms with Gasteiger partial charge in [-0.1, -0.05) is 32.9 Å². The first-order chi connectivity index (χ1) is 8.86. The molecule has 1 amide bonds. The number of amides is 1. The van der Waals surface area contributed by atoms with Crippen molar-refractivity contribution in [2.45, 2.75) is 59.9 Å². The van der Waals surface area contributed by atoms with Crippen molar-refractivity contribution in [1.29, 1.82) is 0 Å². The van der Waals surface area contributed by atoms with Gasteiger partial charge in [-0.3, -0.25) is 4.79 Å². The quantitative estimate of drug-likeness (QED) is 0.823. The van der Waals surface area contributed by atoms with Gasteiger partial charge in [0.2, 0.25) is 5.91 Å². The van der Waals surface area contributed by atoms with Crippen molar-refractivity contribution in [2.24, 2.45) is 5.41 Å². The van der Waals surface area contributed by atoms with Crippen LogP contribution in [-0.2, 0) is 11.2 Å². The molecule has 0 N–H and O–H groups in total. The molecule has 0 saturated carbocycles. The Morgan fingerprint density at radius 2 is 2.16 bits per heavy atom. The fraction of sp³-hybridized carbons (Fsp3) is 0.733. The monoisotopic (exact) mass is 264 g/mol. The van der Waals surface area contributed by atoms with E-state index in [4.69, 9.17) is 4.52 Å². The smallest absolute Gasteiger partial charge is 0.228 e. The molecule has 1 aliphatic rings. The normalized spacial score (nSPS) is 20.1. The summed E-state index contributed by atoms with van der Waals surface area (Å²) < 4.78 is 5.38. The molecular formula is C15H24N2O2. The average molecular weight is 264 g/mol. The fourth-order valence-electron chi connectivity index (χ4n) is 2.85. The summed E-state index contributed by atoms with van der Waals surface area (Å²) in [5.74, 6) is 1.15. The number of carbonyl (C=O) groups excluding carboxylic acids is 1. The van der Waals surface area contributed by atoms with Gasteiger partial charge in [-0.2, -0.15) is 0 Å². The number of likely N-dealkylation sites (tertiary alicyclic amines) is 1. The van der Waals surface area contributed by atoms with Crippen LogP contribution in [0.2, 0.25) is 0 Å². The number of nitrogens with zero attached hydrogens (tertiary/aromatic N) is 2. The predicted molar refractivity (Wildman–Crippen MR) is 73.8 cm³/mol. The van der Waals surface area contributed by atoms with E-state index >= 15 is 0 Å². The van der Waals surface area contributed by atoms with Gasteiger partial charge in [-0.05, 0) is 19.8 Å². The zero-order valence-electron chi connectivity index (χ0n) is 12.6. The van der Waals surface area contributed by atoms with Crippen molar-refractivity contribution < 1.29 is 9.32 Å². The van der Waals surface area contributed by atoms with Gasteiger partial charge in [-0.25, -0.2) is 0 Å². The Morgan fingerprint density at radius 1 is 1.47 bits per heavy atom. The highest BCUT2D eigenvalue weighted by Gasteiger charge is 2.38. The Bertz CT molecular complexity index is 471. The van der Waals surface area contributed by atoms with Crippen molar-refractivity contribution in [1.82, 2.24) is 10.1 Å². The zero-order valence-corrected chi connectivity index (χ0v) is 12.6. The maximum Gasteiger partial charge on any atom is 0.228 e. The lowest BCUT2D eigenvalue weighted by molar-refractivity contribution is -0.140. The Hall–Kier alpha value is -1.32. The Kier molecular flexibility index (Phi) is 3.70. The summed E-state index contributed by atoms with van der Waals surface area (Å²) in [6.07, 6.45) is 2.89. The summed E-state index contributed by atoms with van der Waals surface area (Å²) in [6.45, 7) is 10.8. The summed E-state index contributed by atoms with van der Waals surface area (Å²) >= 11 is 0. The van der Waals surface area contributed by atoms with Gasteiger partial charge in [0.05, 0.1) is 11.7 Å². The molecule has 0 aromatic carbocycles. The van der Waals surface area contributed by atoms with E-state index in [9.17, 15) is 4.79 Å². The lowest BCUT2D eigenvalue weighted by Gasteiger charge is -2.31.